The third-order valence-corrected chi connectivity index (χ3v) is 3.10. The average molecular weight is 256 g/mol. The van der Waals surface area contributed by atoms with Gasteiger partial charge < -0.3 is 10.1 Å². The molecule has 0 amide bonds. The number of nitrogens with one attached hydrogen (secondary N) is 1. The molecule has 19 heavy (non-hydrogen) atoms. The minimum absolute atomic E-state index is 0.562. The summed E-state index contributed by atoms with van der Waals surface area (Å²) in [7, 11) is 1.64. The van der Waals surface area contributed by atoms with Gasteiger partial charge in [0.2, 0.25) is 5.88 Å². The molecule has 1 aromatic carbocycles. The molecule has 1 N–H and O–H groups in total. The van der Waals surface area contributed by atoms with Crippen LogP contribution < -0.4 is 10.1 Å². The van der Waals surface area contributed by atoms with Crippen LogP contribution >= 0.6 is 0 Å². The largest absolute Gasteiger partial charge is 0.481 e. The van der Waals surface area contributed by atoms with Gasteiger partial charge in [0.15, 0.2) is 0 Å². The van der Waals surface area contributed by atoms with Crippen molar-refractivity contribution >= 4 is 5.69 Å². The van der Waals surface area contributed by atoms with Crippen LogP contribution in [0.1, 0.15) is 30.9 Å². The molecule has 100 valence electrons. The van der Waals surface area contributed by atoms with E-state index in [9.17, 15) is 0 Å². The first kappa shape index (κ1) is 13.4. The van der Waals surface area contributed by atoms with Crippen molar-refractivity contribution in [1.82, 2.24) is 4.98 Å². The number of ether oxygens (including phenoxy) is 1. The summed E-state index contributed by atoms with van der Waals surface area (Å²) in [5.74, 6) is 1.24. The summed E-state index contributed by atoms with van der Waals surface area (Å²) >= 11 is 0. The summed E-state index contributed by atoms with van der Waals surface area (Å²) in [6.45, 7) is 5.10. The Bertz CT molecular complexity index is 521. The molecule has 0 radical (unpaired) electrons. The molecule has 1 aromatic heterocycles. The molecular formula is C16H20N2O. The summed E-state index contributed by atoms with van der Waals surface area (Å²) in [4.78, 5) is 4.18. The molecule has 0 atom stereocenters. The molecule has 1 heterocycles. The van der Waals surface area contributed by atoms with E-state index in [1.807, 2.05) is 12.1 Å². The lowest BCUT2D eigenvalue weighted by Gasteiger charge is -2.11. The Labute approximate surface area is 114 Å². The van der Waals surface area contributed by atoms with Gasteiger partial charge >= 0.3 is 0 Å². The number of hydrogen-bond donors (Lipinski definition) is 1. The normalized spacial score (nSPS) is 10.5. The van der Waals surface area contributed by atoms with Crippen molar-refractivity contribution in [2.75, 3.05) is 12.4 Å². The van der Waals surface area contributed by atoms with Gasteiger partial charge in [-0.3, -0.25) is 0 Å². The van der Waals surface area contributed by atoms with Gasteiger partial charge in [-0.2, -0.15) is 0 Å². The third kappa shape index (κ3) is 3.47. The number of hydrogen-bond acceptors (Lipinski definition) is 3. The van der Waals surface area contributed by atoms with Crippen LogP contribution in [0.15, 0.2) is 42.6 Å². The van der Waals surface area contributed by atoms with Crippen LogP contribution in [0.3, 0.4) is 0 Å². The molecule has 0 unspecified atom stereocenters. The molecule has 0 aliphatic rings. The molecule has 0 bridgehead atoms. The molecule has 0 saturated carbocycles. The molecular weight excluding hydrogens is 236 g/mol. The van der Waals surface area contributed by atoms with Gasteiger partial charge in [-0.15, -0.1) is 0 Å². The van der Waals surface area contributed by atoms with Crippen molar-refractivity contribution in [1.29, 1.82) is 0 Å². The average Bonchev–Trinajstić information content (AvgIpc) is 2.45. The topological polar surface area (TPSA) is 34.1 Å². The zero-order valence-electron chi connectivity index (χ0n) is 11.7. The van der Waals surface area contributed by atoms with Crippen LogP contribution in [-0.4, -0.2) is 12.1 Å². The second-order valence-corrected chi connectivity index (χ2v) is 4.80. The van der Waals surface area contributed by atoms with Gasteiger partial charge in [0.1, 0.15) is 0 Å². The Balaban J connectivity index is 2.02. The number of benzene rings is 1. The van der Waals surface area contributed by atoms with Gasteiger partial charge in [0.05, 0.1) is 7.11 Å². The van der Waals surface area contributed by atoms with Crippen LogP contribution in [0.2, 0.25) is 0 Å². The maximum Gasteiger partial charge on any atom is 0.218 e. The number of anilines is 1. The Morgan fingerprint density at radius 1 is 1.16 bits per heavy atom. The molecule has 0 fully saturated rings. The number of rotatable bonds is 5. The van der Waals surface area contributed by atoms with Crippen LogP contribution in [0.5, 0.6) is 5.88 Å². The molecule has 0 saturated heterocycles. The Hall–Kier alpha value is -2.03. The van der Waals surface area contributed by atoms with Crippen molar-refractivity contribution in [2.45, 2.75) is 26.3 Å². The van der Waals surface area contributed by atoms with Crippen molar-refractivity contribution in [2.24, 2.45) is 0 Å². The van der Waals surface area contributed by atoms with Crippen LogP contribution in [0.4, 0.5) is 5.69 Å². The van der Waals surface area contributed by atoms with E-state index in [1.165, 1.54) is 5.56 Å². The van der Waals surface area contributed by atoms with E-state index in [1.54, 1.807) is 13.3 Å². The summed E-state index contributed by atoms with van der Waals surface area (Å²) in [5.41, 5.74) is 3.51. The van der Waals surface area contributed by atoms with Crippen LogP contribution in [0, 0.1) is 0 Å². The fourth-order valence-corrected chi connectivity index (χ4v) is 1.93. The number of methoxy groups -OCH3 is 1. The number of nitrogens with zero attached hydrogens (tertiary/aromatic N) is 1. The molecule has 3 nitrogen and oxygen atoms in total. The summed E-state index contributed by atoms with van der Waals surface area (Å²) in [5, 5.41) is 3.38. The molecule has 2 rings (SSSR count). The molecule has 0 aliphatic carbocycles. The first-order valence-electron chi connectivity index (χ1n) is 6.52. The predicted molar refractivity (Wildman–Crippen MR) is 78.6 cm³/mol. The highest BCUT2D eigenvalue weighted by Crippen LogP contribution is 2.19. The zero-order chi connectivity index (χ0) is 13.7. The smallest absolute Gasteiger partial charge is 0.218 e. The monoisotopic (exact) mass is 256 g/mol. The fraction of sp³-hybridized carbons (Fsp3) is 0.312. The van der Waals surface area contributed by atoms with Gasteiger partial charge in [-0.1, -0.05) is 32.0 Å². The first-order chi connectivity index (χ1) is 9.20. The van der Waals surface area contributed by atoms with Crippen LogP contribution in [0.25, 0.3) is 0 Å². The van der Waals surface area contributed by atoms with Crippen molar-refractivity contribution < 1.29 is 4.74 Å². The molecule has 3 heteroatoms. The maximum atomic E-state index is 5.23. The standard InChI is InChI=1S/C16H20N2O/c1-12(2)13-6-8-15(9-7-13)18-11-14-5-4-10-17-16(14)19-3/h4-10,12,18H,11H2,1-3H3. The van der Waals surface area contributed by atoms with Gasteiger partial charge in [0.25, 0.3) is 0 Å². The van der Waals surface area contributed by atoms with Gasteiger partial charge in [-0.25, -0.2) is 4.98 Å². The van der Waals surface area contributed by atoms with E-state index in [0.29, 0.717) is 18.3 Å². The Morgan fingerprint density at radius 2 is 1.89 bits per heavy atom. The summed E-state index contributed by atoms with van der Waals surface area (Å²) in [6, 6.07) is 12.5. The molecule has 0 aliphatic heterocycles. The third-order valence-electron chi connectivity index (χ3n) is 3.10. The zero-order valence-corrected chi connectivity index (χ0v) is 11.7. The second-order valence-electron chi connectivity index (χ2n) is 4.80. The number of aromatic nitrogens is 1. The van der Waals surface area contributed by atoms with E-state index in [-0.39, 0.29) is 0 Å². The second kappa shape index (κ2) is 6.23. The van der Waals surface area contributed by atoms with E-state index in [2.05, 4.69) is 48.4 Å². The fourth-order valence-electron chi connectivity index (χ4n) is 1.93. The lowest BCUT2D eigenvalue weighted by atomic mass is 10.0. The minimum atomic E-state index is 0.562. The lowest BCUT2D eigenvalue weighted by Crippen LogP contribution is -2.02. The molecule has 0 spiro atoms. The quantitative estimate of drug-likeness (QED) is 0.883. The van der Waals surface area contributed by atoms with E-state index < -0.39 is 0 Å². The summed E-state index contributed by atoms with van der Waals surface area (Å²) < 4.78 is 5.23. The highest BCUT2D eigenvalue weighted by atomic mass is 16.5. The van der Waals surface area contributed by atoms with E-state index >= 15 is 0 Å². The highest BCUT2D eigenvalue weighted by Gasteiger charge is 2.03. The van der Waals surface area contributed by atoms with Gasteiger partial charge in [-0.05, 0) is 29.7 Å². The van der Waals surface area contributed by atoms with Gasteiger partial charge in [0, 0.05) is 24.0 Å². The van der Waals surface area contributed by atoms with Crippen molar-refractivity contribution in [3.05, 3.63) is 53.7 Å². The molecule has 2 aromatic rings. The SMILES string of the molecule is COc1ncccc1CNc1ccc(C(C)C)cc1. The van der Waals surface area contributed by atoms with Crippen molar-refractivity contribution in [3.8, 4) is 5.88 Å². The summed E-state index contributed by atoms with van der Waals surface area (Å²) in [6.07, 6.45) is 1.74. The Kier molecular flexibility index (Phi) is 4.39. The number of pyridine rings is 1. The maximum absolute atomic E-state index is 5.23. The van der Waals surface area contributed by atoms with E-state index in [0.717, 1.165) is 11.3 Å². The Morgan fingerprint density at radius 3 is 2.53 bits per heavy atom. The van der Waals surface area contributed by atoms with Crippen LogP contribution in [-0.2, 0) is 6.54 Å². The predicted octanol–water partition coefficient (Wildman–Crippen LogP) is 3.83. The lowest BCUT2D eigenvalue weighted by molar-refractivity contribution is 0.393. The minimum Gasteiger partial charge on any atom is -0.481 e. The highest BCUT2D eigenvalue weighted by molar-refractivity contribution is 5.46. The van der Waals surface area contributed by atoms with Crippen molar-refractivity contribution in [3.63, 3.8) is 0 Å². The first-order valence-corrected chi connectivity index (χ1v) is 6.52. The van der Waals surface area contributed by atoms with E-state index in [4.69, 9.17) is 4.74 Å².